The normalized spacial score (nSPS) is 14.5. The first-order valence-corrected chi connectivity index (χ1v) is 9.80. The van der Waals surface area contributed by atoms with Crippen LogP contribution in [0.25, 0.3) is 22.5 Å². The van der Waals surface area contributed by atoms with Crippen molar-refractivity contribution >= 4 is 34.5 Å². The fraction of sp³-hybridized carbons (Fsp3) is 0.316. The molecule has 4 rings (SSSR count). The predicted octanol–water partition coefficient (Wildman–Crippen LogP) is 3.89. The standard InChI is InChI=1S/C19H17ClF3N5O4/c1-30-17-15(25-11-9-13(20)31-16(11)27-17)14-10(3-2-4-12(14)32-19(21,22)23)26-18(29)28-7-5-24-6-8-28/h2-4,9,24H,5-8H2,1H3,(H,26,29). The zero-order valence-corrected chi connectivity index (χ0v) is 17.4. The highest BCUT2D eigenvalue weighted by Gasteiger charge is 2.34. The van der Waals surface area contributed by atoms with Gasteiger partial charge in [-0.05, 0) is 23.7 Å². The van der Waals surface area contributed by atoms with Gasteiger partial charge in [-0.2, -0.15) is 4.98 Å². The summed E-state index contributed by atoms with van der Waals surface area (Å²) in [6, 6.07) is 4.75. The smallest absolute Gasteiger partial charge is 0.479 e. The molecule has 170 valence electrons. The number of piperazine rings is 1. The predicted molar refractivity (Wildman–Crippen MR) is 109 cm³/mol. The fourth-order valence-corrected chi connectivity index (χ4v) is 3.45. The molecule has 2 amide bonds. The number of urea groups is 1. The molecule has 2 N–H and O–H groups in total. The van der Waals surface area contributed by atoms with Crippen molar-refractivity contribution in [2.45, 2.75) is 6.36 Å². The number of alkyl halides is 3. The summed E-state index contributed by atoms with van der Waals surface area (Å²) in [6.45, 7) is 2.11. The highest BCUT2D eigenvalue weighted by Crippen LogP contribution is 2.42. The number of benzene rings is 1. The Morgan fingerprint density at radius 3 is 2.72 bits per heavy atom. The molecule has 0 saturated carbocycles. The van der Waals surface area contributed by atoms with E-state index in [1.54, 1.807) is 4.90 Å². The summed E-state index contributed by atoms with van der Waals surface area (Å²) in [4.78, 5) is 22.7. The average Bonchev–Trinajstić information content (AvgIpc) is 3.11. The van der Waals surface area contributed by atoms with E-state index >= 15 is 0 Å². The first kappa shape index (κ1) is 22.0. The minimum atomic E-state index is -4.99. The Balaban J connectivity index is 1.84. The number of aromatic nitrogens is 2. The molecule has 32 heavy (non-hydrogen) atoms. The number of carbonyl (C=O) groups excluding carboxylic acids is 1. The number of furan rings is 1. The van der Waals surface area contributed by atoms with Gasteiger partial charge in [0, 0.05) is 32.2 Å². The Morgan fingerprint density at radius 2 is 2.03 bits per heavy atom. The second-order valence-electron chi connectivity index (χ2n) is 6.72. The van der Waals surface area contributed by atoms with Crippen molar-refractivity contribution in [3.05, 3.63) is 29.5 Å². The van der Waals surface area contributed by atoms with Gasteiger partial charge in [0.15, 0.2) is 5.22 Å². The zero-order chi connectivity index (χ0) is 22.9. The highest BCUT2D eigenvalue weighted by atomic mass is 35.5. The third kappa shape index (κ3) is 4.65. The van der Waals surface area contributed by atoms with Gasteiger partial charge >= 0.3 is 12.4 Å². The SMILES string of the molecule is COc1nc2oc(Cl)cc2nc1-c1c(NC(=O)N2CCNCC2)cccc1OC(F)(F)F. The van der Waals surface area contributed by atoms with Gasteiger partial charge in [0.25, 0.3) is 0 Å². The van der Waals surface area contributed by atoms with Crippen molar-refractivity contribution in [1.82, 2.24) is 20.2 Å². The Morgan fingerprint density at radius 1 is 1.28 bits per heavy atom. The molecule has 0 bridgehead atoms. The third-order valence-electron chi connectivity index (χ3n) is 4.63. The number of nitrogens with one attached hydrogen (secondary N) is 2. The van der Waals surface area contributed by atoms with Gasteiger partial charge in [0.05, 0.1) is 18.4 Å². The van der Waals surface area contributed by atoms with Crippen LogP contribution < -0.4 is 20.1 Å². The molecule has 13 heteroatoms. The average molecular weight is 472 g/mol. The number of amides is 2. The van der Waals surface area contributed by atoms with E-state index in [0.29, 0.717) is 26.2 Å². The van der Waals surface area contributed by atoms with Gasteiger partial charge in [-0.1, -0.05) is 6.07 Å². The van der Waals surface area contributed by atoms with Crippen LogP contribution in [0.1, 0.15) is 0 Å². The van der Waals surface area contributed by atoms with Crippen LogP contribution in [0.2, 0.25) is 5.22 Å². The number of hydrogen-bond acceptors (Lipinski definition) is 7. The molecule has 1 saturated heterocycles. The number of nitrogens with zero attached hydrogens (tertiary/aromatic N) is 3. The fourth-order valence-electron chi connectivity index (χ4n) is 3.27. The Hall–Kier alpha value is -3.25. The molecule has 0 aliphatic carbocycles. The number of hydrogen-bond donors (Lipinski definition) is 2. The van der Waals surface area contributed by atoms with Crippen LogP contribution in [-0.4, -0.2) is 60.6 Å². The summed E-state index contributed by atoms with van der Waals surface area (Å²) >= 11 is 5.85. The Labute approximate surface area is 184 Å². The van der Waals surface area contributed by atoms with Crippen LogP contribution in [0.15, 0.2) is 28.7 Å². The molecule has 1 fully saturated rings. The molecule has 3 aromatic rings. The molecule has 3 heterocycles. The van der Waals surface area contributed by atoms with Crippen LogP contribution in [0.5, 0.6) is 11.6 Å². The van der Waals surface area contributed by atoms with Crippen LogP contribution in [-0.2, 0) is 0 Å². The van der Waals surface area contributed by atoms with Crippen molar-refractivity contribution in [1.29, 1.82) is 0 Å². The molecular weight excluding hydrogens is 455 g/mol. The van der Waals surface area contributed by atoms with E-state index < -0.39 is 18.1 Å². The maximum Gasteiger partial charge on any atom is 0.573 e. The van der Waals surface area contributed by atoms with Crippen LogP contribution in [0, 0.1) is 0 Å². The van der Waals surface area contributed by atoms with Crippen molar-refractivity contribution in [2.75, 3.05) is 38.6 Å². The van der Waals surface area contributed by atoms with Gasteiger partial charge in [-0.25, -0.2) is 9.78 Å². The van der Waals surface area contributed by atoms with Crippen LogP contribution >= 0.6 is 11.6 Å². The number of carbonyl (C=O) groups is 1. The molecule has 1 aliphatic heterocycles. The lowest BCUT2D eigenvalue weighted by Gasteiger charge is -2.28. The quantitative estimate of drug-likeness (QED) is 0.595. The van der Waals surface area contributed by atoms with Gasteiger partial charge in [-0.3, -0.25) is 0 Å². The van der Waals surface area contributed by atoms with Crippen molar-refractivity contribution < 1.29 is 31.9 Å². The Bertz CT molecular complexity index is 1150. The number of halogens is 4. The van der Waals surface area contributed by atoms with E-state index in [-0.39, 0.29) is 39.3 Å². The molecule has 2 aromatic heterocycles. The van der Waals surface area contributed by atoms with Crippen LogP contribution in [0.3, 0.4) is 0 Å². The summed E-state index contributed by atoms with van der Waals surface area (Å²) in [5.74, 6) is -0.725. The number of rotatable bonds is 4. The minimum Gasteiger partial charge on any atom is -0.479 e. The molecule has 0 spiro atoms. The van der Waals surface area contributed by atoms with Gasteiger partial charge < -0.3 is 29.4 Å². The molecule has 1 aliphatic rings. The molecule has 9 nitrogen and oxygen atoms in total. The Kier molecular flexibility index (Phi) is 5.98. The van der Waals surface area contributed by atoms with Crippen molar-refractivity contribution in [2.24, 2.45) is 0 Å². The van der Waals surface area contributed by atoms with Crippen molar-refractivity contribution in [3.63, 3.8) is 0 Å². The third-order valence-corrected chi connectivity index (χ3v) is 4.82. The number of ether oxygens (including phenoxy) is 2. The molecular formula is C19H17ClF3N5O4. The van der Waals surface area contributed by atoms with E-state index in [4.69, 9.17) is 20.8 Å². The zero-order valence-electron chi connectivity index (χ0n) is 16.6. The molecule has 0 radical (unpaired) electrons. The van der Waals surface area contributed by atoms with E-state index in [1.165, 1.54) is 25.3 Å². The lowest BCUT2D eigenvalue weighted by atomic mass is 10.1. The molecule has 1 aromatic carbocycles. The minimum absolute atomic E-state index is 0.00809. The van der Waals surface area contributed by atoms with E-state index in [2.05, 4.69) is 25.3 Å². The number of fused-ring (bicyclic) bond motifs is 1. The van der Waals surface area contributed by atoms with E-state index in [1.807, 2.05) is 0 Å². The van der Waals surface area contributed by atoms with E-state index in [0.717, 1.165) is 6.07 Å². The largest absolute Gasteiger partial charge is 0.573 e. The van der Waals surface area contributed by atoms with E-state index in [9.17, 15) is 18.0 Å². The highest BCUT2D eigenvalue weighted by molar-refractivity contribution is 6.29. The number of anilines is 1. The second-order valence-corrected chi connectivity index (χ2v) is 7.09. The summed E-state index contributed by atoms with van der Waals surface area (Å²) < 4.78 is 54.1. The second kappa shape index (κ2) is 8.71. The lowest BCUT2D eigenvalue weighted by molar-refractivity contribution is -0.274. The van der Waals surface area contributed by atoms with Gasteiger partial charge in [-0.15, -0.1) is 13.2 Å². The van der Waals surface area contributed by atoms with Gasteiger partial charge in [0.2, 0.25) is 11.6 Å². The summed E-state index contributed by atoms with van der Waals surface area (Å²) in [5.41, 5.74) is 0.0184. The first-order chi connectivity index (χ1) is 15.2. The maximum atomic E-state index is 13.1. The molecule has 0 unspecified atom stereocenters. The first-order valence-electron chi connectivity index (χ1n) is 9.42. The van der Waals surface area contributed by atoms with Crippen molar-refractivity contribution in [3.8, 4) is 22.9 Å². The maximum absolute atomic E-state index is 13.1. The monoisotopic (exact) mass is 471 g/mol. The van der Waals surface area contributed by atoms with Crippen LogP contribution in [0.4, 0.5) is 23.7 Å². The number of methoxy groups -OCH3 is 1. The summed E-state index contributed by atoms with van der Waals surface area (Å²) in [7, 11) is 1.27. The summed E-state index contributed by atoms with van der Waals surface area (Å²) in [6.07, 6.45) is -4.99. The van der Waals surface area contributed by atoms with Gasteiger partial charge in [0.1, 0.15) is 17.0 Å². The molecule has 0 atom stereocenters. The lowest BCUT2D eigenvalue weighted by Crippen LogP contribution is -2.48. The summed E-state index contributed by atoms with van der Waals surface area (Å²) in [5, 5.41) is 5.76. The topological polar surface area (TPSA) is 102 Å².